The summed E-state index contributed by atoms with van der Waals surface area (Å²) in [4.78, 5) is 28.0. The Morgan fingerprint density at radius 1 is 1.07 bits per heavy atom. The van der Waals surface area contributed by atoms with Crippen molar-refractivity contribution in [2.45, 2.75) is 13.8 Å². The number of carbonyl (C=O) groups is 2. The van der Waals surface area contributed by atoms with Gasteiger partial charge in [-0.3, -0.25) is 9.59 Å². The van der Waals surface area contributed by atoms with Crippen LogP contribution in [0.5, 0.6) is 0 Å². The summed E-state index contributed by atoms with van der Waals surface area (Å²) in [6.07, 6.45) is 2.50. The molecule has 1 aromatic heterocycles. The van der Waals surface area contributed by atoms with Crippen molar-refractivity contribution < 1.29 is 9.59 Å². The van der Waals surface area contributed by atoms with Gasteiger partial charge in [-0.15, -0.1) is 0 Å². The zero-order valence-electron chi connectivity index (χ0n) is 8.52. The molecule has 2 amide bonds. The average molecular weight is 202 g/mol. The molecule has 1 aromatic rings. The van der Waals surface area contributed by atoms with E-state index in [9.17, 15) is 9.59 Å². The largest absolute Gasteiger partial charge is 0.269 e. The van der Waals surface area contributed by atoms with Gasteiger partial charge in [0.15, 0.2) is 0 Å². The van der Waals surface area contributed by atoms with E-state index >= 15 is 0 Å². The van der Waals surface area contributed by atoms with Crippen molar-refractivity contribution in [3.05, 3.63) is 35.5 Å². The van der Waals surface area contributed by atoms with E-state index in [1.807, 2.05) is 19.9 Å². The van der Waals surface area contributed by atoms with Gasteiger partial charge in [0.2, 0.25) is 0 Å². The van der Waals surface area contributed by atoms with Crippen molar-refractivity contribution in [1.82, 2.24) is 4.98 Å². The van der Waals surface area contributed by atoms with E-state index in [2.05, 4.69) is 4.98 Å². The molecule has 2 heterocycles. The molecule has 0 aliphatic carbocycles. The molecular weight excluding hydrogens is 192 g/mol. The van der Waals surface area contributed by atoms with Crippen LogP contribution in [0.2, 0.25) is 0 Å². The minimum absolute atomic E-state index is 0.336. The van der Waals surface area contributed by atoms with Crippen molar-refractivity contribution in [2.24, 2.45) is 0 Å². The maximum Gasteiger partial charge on any atom is 0.259 e. The summed E-state index contributed by atoms with van der Waals surface area (Å²) >= 11 is 0. The molecule has 0 fully saturated rings. The minimum Gasteiger partial charge on any atom is -0.269 e. The lowest BCUT2D eigenvalue weighted by Crippen LogP contribution is -2.30. The smallest absolute Gasteiger partial charge is 0.259 e. The predicted octanol–water partition coefficient (Wildman–Crippen LogP) is 1.13. The van der Waals surface area contributed by atoms with Crippen molar-refractivity contribution in [3.63, 3.8) is 0 Å². The Bertz CT molecular complexity index is 439. The number of nitrogens with zero attached hydrogens (tertiary/aromatic N) is 2. The van der Waals surface area contributed by atoms with Gasteiger partial charge in [0.05, 0.1) is 0 Å². The van der Waals surface area contributed by atoms with Gasteiger partial charge in [0, 0.05) is 17.8 Å². The van der Waals surface area contributed by atoms with Crippen LogP contribution in [-0.4, -0.2) is 16.8 Å². The Labute approximate surface area is 87.2 Å². The molecule has 4 nitrogen and oxygen atoms in total. The summed E-state index contributed by atoms with van der Waals surface area (Å²) in [6.45, 7) is 3.73. The molecule has 0 atom stereocenters. The quantitative estimate of drug-likeness (QED) is 0.641. The van der Waals surface area contributed by atoms with Gasteiger partial charge in [-0.05, 0) is 31.5 Å². The van der Waals surface area contributed by atoms with Gasteiger partial charge in [-0.1, -0.05) is 0 Å². The van der Waals surface area contributed by atoms with E-state index in [1.54, 1.807) is 6.07 Å². The monoisotopic (exact) mass is 202 g/mol. The molecule has 2 rings (SSSR count). The van der Waals surface area contributed by atoms with Crippen LogP contribution >= 0.6 is 0 Å². The molecule has 1 aliphatic heterocycles. The van der Waals surface area contributed by atoms with Gasteiger partial charge in [0.25, 0.3) is 11.8 Å². The summed E-state index contributed by atoms with van der Waals surface area (Å²) in [7, 11) is 0. The second-order valence-corrected chi connectivity index (χ2v) is 3.49. The fraction of sp³-hybridized carbons (Fsp3) is 0.182. The zero-order chi connectivity index (χ0) is 11.0. The third kappa shape index (κ3) is 1.66. The number of aromatic nitrogens is 1. The maximum absolute atomic E-state index is 11.4. The number of amides is 2. The van der Waals surface area contributed by atoms with Crippen molar-refractivity contribution in [3.8, 4) is 0 Å². The van der Waals surface area contributed by atoms with E-state index in [0.717, 1.165) is 16.2 Å². The highest BCUT2D eigenvalue weighted by molar-refractivity contribution is 6.27. The molecule has 0 N–H and O–H groups in total. The van der Waals surface area contributed by atoms with Crippen LogP contribution in [0.15, 0.2) is 24.3 Å². The Morgan fingerprint density at radius 2 is 1.67 bits per heavy atom. The summed E-state index contributed by atoms with van der Waals surface area (Å²) in [5, 5.41) is 0. The highest BCUT2D eigenvalue weighted by Gasteiger charge is 2.26. The van der Waals surface area contributed by atoms with Crippen molar-refractivity contribution in [1.29, 1.82) is 0 Å². The van der Waals surface area contributed by atoms with Crippen LogP contribution < -0.4 is 4.90 Å². The number of rotatable bonds is 1. The fourth-order valence-corrected chi connectivity index (χ4v) is 1.56. The Kier molecular flexibility index (Phi) is 2.11. The van der Waals surface area contributed by atoms with E-state index in [-0.39, 0.29) is 11.8 Å². The van der Waals surface area contributed by atoms with Gasteiger partial charge in [0.1, 0.15) is 5.82 Å². The fourth-order valence-electron chi connectivity index (χ4n) is 1.56. The van der Waals surface area contributed by atoms with Gasteiger partial charge < -0.3 is 0 Å². The standard InChI is InChI=1S/C11H10N2O2/c1-7-5-8(2)12-9(6-7)13-10(14)3-4-11(13)15/h3-6H,1-2H3. The molecule has 0 saturated heterocycles. The van der Waals surface area contributed by atoms with Crippen molar-refractivity contribution >= 4 is 17.6 Å². The number of pyridine rings is 1. The third-order valence-corrected chi connectivity index (χ3v) is 2.12. The first-order chi connectivity index (χ1) is 7.08. The minimum atomic E-state index is -0.336. The topological polar surface area (TPSA) is 50.3 Å². The lowest BCUT2D eigenvalue weighted by Gasteiger charge is -2.13. The number of hydrogen-bond acceptors (Lipinski definition) is 3. The summed E-state index contributed by atoms with van der Waals surface area (Å²) < 4.78 is 0. The van der Waals surface area contributed by atoms with E-state index < -0.39 is 0 Å². The van der Waals surface area contributed by atoms with Crippen LogP contribution in [0.1, 0.15) is 11.3 Å². The molecule has 0 bridgehead atoms. The first-order valence-electron chi connectivity index (χ1n) is 4.59. The average Bonchev–Trinajstić information content (AvgIpc) is 2.44. The second-order valence-electron chi connectivity index (χ2n) is 3.49. The first-order valence-corrected chi connectivity index (χ1v) is 4.59. The molecule has 0 unspecified atom stereocenters. The molecule has 0 aromatic carbocycles. The van der Waals surface area contributed by atoms with Crippen molar-refractivity contribution in [2.75, 3.05) is 4.90 Å². The summed E-state index contributed by atoms with van der Waals surface area (Å²) in [5.74, 6) is -0.275. The van der Waals surface area contributed by atoms with Gasteiger partial charge in [-0.2, -0.15) is 0 Å². The molecule has 15 heavy (non-hydrogen) atoms. The maximum atomic E-state index is 11.4. The lowest BCUT2D eigenvalue weighted by molar-refractivity contribution is -0.120. The molecule has 1 aliphatic rings. The Morgan fingerprint density at radius 3 is 2.20 bits per heavy atom. The summed E-state index contributed by atoms with van der Waals surface area (Å²) in [5.41, 5.74) is 1.77. The Hall–Kier alpha value is -1.97. The molecule has 0 spiro atoms. The second kappa shape index (κ2) is 3.31. The zero-order valence-corrected chi connectivity index (χ0v) is 8.52. The highest BCUT2D eigenvalue weighted by atomic mass is 16.2. The van der Waals surface area contributed by atoms with Crippen LogP contribution in [0.4, 0.5) is 5.82 Å². The molecule has 4 heteroatoms. The lowest BCUT2D eigenvalue weighted by atomic mass is 10.2. The summed E-state index contributed by atoms with van der Waals surface area (Å²) in [6, 6.07) is 3.61. The van der Waals surface area contributed by atoms with E-state index in [0.29, 0.717) is 5.82 Å². The Balaban J connectivity index is 2.46. The number of carbonyl (C=O) groups excluding carboxylic acids is 2. The normalized spacial score (nSPS) is 15.2. The number of anilines is 1. The van der Waals surface area contributed by atoms with Crippen LogP contribution in [0.25, 0.3) is 0 Å². The number of imide groups is 1. The molecule has 0 saturated carbocycles. The molecular formula is C11H10N2O2. The third-order valence-electron chi connectivity index (χ3n) is 2.12. The van der Waals surface area contributed by atoms with Crippen LogP contribution in [-0.2, 0) is 9.59 Å². The van der Waals surface area contributed by atoms with Crippen LogP contribution in [0, 0.1) is 13.8 Å². The predicted molar refractivity (Wildman–Crippen MR) is 55.3 cm³/mol. The number of aryl methyl sites for hydroxylation is 2. The van der Waals surface area contributed by atoms with E-state index in [4.69, 9.17) is 0 Å². The van der Waals surface area contributed by atoms with Gasteiger partial charge in [-0.25, -0.2) is 9.88 Å². The number of hydrogen-bond donors (Lipinski definition) is 0. The highest BCUT2D eigenvalue weighted by Crippen LogP contribution is 2.18. The van der Waals surface area contributed by atoms with E-state index in [1.165, 1.54) is 12.2 Å². The molecule has 76 valence electrons. The SMILES string of the molecule is Cc1cc(C)nc(N2C(=O)C=CC2=O)c1. The first kappa shape index (κ1) is 9.58. The van der Waals surface area contributed by atoms with Gasteiger partial charge >= 0.3 is 0 Å². The van der Waals surface area contributed by atoms with Crippen LogP contribution in [0.3, 0.4) is 0 Å². The molecule has 0 radical (unpaired) electrons.